The number of amides is 2. The molecular weight excluding hydrogens is 272 g/mol. The number of carbonyl (C=O) groups excluding carboxylic acids is 1. The molecule has 116 valence electrons. The maximum Gasteiger partial charge on any atom is 0.322 e. The number of urea groups is 1. The molecule has 1 atom stereocenters. The molecule has 2 aromatic rings. The molecule has 3 nitrogen and oxygen atoms in total. The van der Waals surface area contributed by atoms with Crippen LogP contribution in [0.25, 0.3) is 0 Å². The van der Waals surface area contributed by atoms with Crippen LogP contribution in [0.4, 0.5) is 10.5 Å². The van der Waals surface area contributed by atoms with Gasteiger partial charge in [0.2, 0.25) is 0 Å². The van der Waals surface area contributed by atoms with Crippen molar-refractivity contribution < 1.29 is 4.79 Å². The summed E-state index contributed by atoms with van der Waals surface area (Å²) in [5, 5.41) is 2.99. The van der Waals surface area contributed by atoms with Crippen LogP contribution in [-0.2, 0) is 0 Å². The van der Waals surface area contributed by atoms with Gasteiger partial charge in [0.05, 0.1) is 6.04 Å². The molecule has 0 saturated heterocycles. The molecular formula is C19H24N2O. The minimum atomic E-state index is -0.0590. The van der Waals surface area contributed by atoms with Crippen molar-refractivity contribution in [3.63, 3.8) is 0 Å². The van der Waals surface area contributed by atoms with E-state index in [4.69, 9.17) is 0 Å². The van der Waals surface area contributed by atoms with E-state index in [0.717, 1.165) is 11.3 Å². The van der Waals surface area contributed by atoms with Crippen molar-refractivity contribution in [2.24, 2.45) is 5.92 Å². The SMILES string of the molecule is CC(C)CN(C(=O)Nc1ccccc1)[C@@H](C)c1ccccc1. The Labute approximate surface area is 133 Å². The van der Waals surface area contributed by atoms with Crippen LogP contribution >= 0.6 is 0 Å². The maximum atomic E-state index is 12.7. The first kappa shape index (κ1) is 16.1. The fourth-order valence-electron chi connectivity index (χ4n) is 2.44. The third kappa shape index (κ3) is 4.35. The highest BCUT2D eigenvalue weighted by molar-refractivity contribution is 5.89. The Kier molecular flexibility index (Phi) is 5.59. The first-order valence-electron chi connectivity index (χ1n) is 7.75. The monoisotopic (exact) mass is 296 g/mol. The van der Waals surface area contributed by atoms with E-state index < -0.39 is 0 Å². The standard InChI is InChI=1S/C19H24N2O/c1-15(2)14-21(16(3)17-10-6-4-7-11-17)19(22)20-18-12-8-5-9-13-18/h4-13,15-16H,14H2,1-3H3,(H,20,22)/t16-/m0/s1. The lowest BCUT2D eigenvalue weighted by molar-refractivity contribution is 0.183. The Bertz CT molecular complexity index is 581. The Balaban J connectivity index is 2.16. The topological polar surface area (TPSA) is 32.3 Å². The maximum absolute atomic E-state index is 12.7. The average molecular weight is 296 g/mol. The van der Waals surface area contributed by atoms with Gasteiger partial charge < -0.3 is 10.2 Å². The minimum Gasteiger partial charge on any atom is -0.318 e. The second-order valence-corrected chi connectivity index (χ2v) is 5.93. The van der Waals surface area contributed by atoms with Crippen LogP contribution in [-0.4, -0.2) is 17.5 Å². The molecule has 0 saturated carbocycles. The van der Waals surface area contributed by atoms with Gasteiger partial charge in [-0.3, -0.25) is 0 Å². The number of rotatable bonds is 5. The molecule has 2 aromatic carbocycles. The fourth-order valence-corrected chi connectivity index (χ4v) is 2.44. The number of nitrogens with zero attached hydrogens (tertiary/aromatic N) is 1. The van der Waals surface area contributed by atoms with Crippen LogP contribution in [0.15, 0.2) is 60.7 Å². The first-order chi connectivity index (χ1) is 10.6. The third-order valence-electron chi connectivity index (χ3n) is 3.60. The van der Waals surface area contributed by atoms with Gasteiger partial charge in [-0.15, -0.1) is 0 Å². The van der Waals surface area contributed by atoms with E-state index in [2.05, 4.69) is 38.2 Å². The summed E-state index contributed by atoms with van der Waals surface area (Å²) in [5.74, 6) is 0.410. The molecule has 0 bridgehead atoms. The van der Waals surface area contributed by atoms with Crippen LogP contribution in [0, 0.1) is 5.92 Å². The summed E-state index contributed by atoms with van der Waals surface area (Å²) in [6.45, 7) is 7.04. The average Bonchev–Trinajstić information content (AvgIpc) is 2.53. The predicted molar refractivity (Wildman–Crippen MR) is 91.9 cm³/mol. The highest BCUT2D eigenvalue weighted by Crippen LogP contribution is 2.22. The lowest BCUT2D eigenvalue weighted by atomic mass is 10.1. The van der Waals surface area contributed by atoms with Crippen molar-refractivity contribution in [1.29, 1.82) is 0 Å². The van der Waals surface area contributed by atoms with E-state index in [1.54, 1.807) is 0 Å². The quantitative estimate of drug-likeness (QED) is 0.833. The van der Waals surface area contributed by atoms with Crippen LogP contribution < -0.4 is 5.32 Å². The van der Waals surface area contributed by atoms with Crippen molar-refractivity contribution in [3.8, 4) is 0 Å². The van der Waals surface area contributed by atoms with E-state index in [1.807, 2.05) is 53.4 Å². The lowest BCUT2D eigenvalue weighted by Crippen LogP contribution is -2.39. The highest BCUT2D eigenvalue weighted by Gasteiger charge is 2.22. The fraction of sp³-hybridized carbons (Fsp3) is 0.316. The summed E-state index contributed by atoms with van der Waals surface area (Å²) in [6.07, 6.45) is 0. The first-order valence-corrected chi connectivity index (χ1v) is 7.75. The predicted octanol–water partition coefficient (Wildman–Crippen LogP) is 4.94. The van der Waals surface area contributed by atoms with Gasteiger partial charge in [-0.25, -0.2) is 4.79 Å². The zero-order chi connectivity index (χ0) is 15.9. The Morgan fingerprint density at radius 3 is 2.05 bits per heavy atom. The van der Waals surface area contributed by atoms with Gasteiger partial charge in [-0.05, 0) is 30.5 Å². The molecule has 0 aromatic heterocycles. The second kappa shape index (κ2) is 7.64. The Morgan fingerprint density at radius 2 is 1.50 bits per heavy atom. The van der Waals surface area contributed by atoms with E-state index in [-0.39, 0.29) is 12.1 Å². The number of nitrogens with one attached hydrogen (secondary N) is 1. The zero-order valence-electron chi connectivity index (χ0n) is 13.5. The number of carbonyl (C=O) groups is 1. The summed E-state index contributed by atoms with van der Waals surface area (Å²) >= 11 is 0. The lowest BCUT2D eigenvalue weighted by Gasteiger charge is -2.31. The van der Waals surface area contributed by atoms with Crippen LogP contribution in [0.3, 0.4) is 0 Å². The van der Waals surface area contributed by atoms with E-state index >= 15 is 0 Å². The second-order valence-electron chi connectivity index (χ2n) is 5.93. The van der Waals surface area contributed by atoms with Gasteiger partial charge in [-0.2, -0.15) is 0 Å². The van der Waals surface area contributed by atoms with Crippen molar-refractivity contribution in [3.05, 3.63) is 66.2 Å². The normalized spacial score (nSPS) is 12.0. The largest absolute Gasteiger partial charge is 0.322 e. The van der Waals surface area contributed by atoms with Gasteiger partial charge >= 0.3 is 6.03 Å². The molecule has 0 aliphatic carbocycles. The molecule has 2 rings (SSSR count). The number of hydrogen-bond acceptors (Lipinski definition) is 1. The van der Waals surface area contributed by atoms with Crippen molar-refractivity contribution in [2.45, 2.75) is 26.8 Å². The number of para-hydroxylation sites is 1. The molecule has 3 heteroatoms. The third-order valence-corrected chi connectivity index (χ3v) is 3.60. The van der Waals surface area contributed by atoms with Gasteiger partial charge in [0.15, 0.2) is 0 Å². The Hall–Kier alpha value is -2.29. The summed E-state index contributed by atoms with van der Waals surface area (Å²) in [6, 6.07) is 19.7. The molecule has 2 amide bonds. The summed E-state index contributed by atoms with van der Waals surface area (Å²) in [5.41, 5.74) is 1.97. The molecule has 0 fully saturated rings. The van der Waals surface area contributed by atoms with E-state index in [9.17, 15) is 4.79 Å². The zero-order valence-corrected chi connectivity index (χ0v) is 13.5. The van der Waals surface area contributed by atoms with Gasteiger partial charge in [0, 0.05) is 12.2 Å². The van der Waals surface area contributed by atoms with Gasteiger partial charge in [0.1, 0.15) is 0 Å². The Morgan fingerprint density at radius 1 is 0.955 bits per heavy atom. The smallest absolute Gasteiger partial charge is 0.318 e. The van der Waals surface area contributed by atoms with Crippen molar-refractivity contribution >= 4 is 11.7 Å². The number of anilines is 1. The molecule has 1 N–H and O–H groups in total. The molecule has 0 heterocycles. The molecule has 22 heavy (non-hydrogen) atoms. The molecule has 0 aliphatic rings. The molecule has 0 aliphatic heterocycles. The molecule has 0 radical (unpaired) electrons. The molecule has 0 unspecified atom stereocenters. The van der Waals surface area contributed by atoms with Crippen LogP contribution in [0.1, 0.15) is 32.4 Å². The van der Waals surface area contributed by atoms with Crippen LogP contribution in [0.2, 0.25) is 0 Å². The highest BCUT2D eigenvalue weighted by atomic mass is 16.2. The van der Waals surface area contributed by atoms with Crippen LogP contribution in [0.5, 0.6) is 0 Å². The molecule has 0 spiro atoms. The summed E-state index contributed by atoms with van der Waals surface area (Å²) < 4.78 is 0. The van der Waals surface area contributed by atoms with Crippen molar-refractivity contribution in [1.82, 2.24) is 4.90 Å². The number of benzene rings is 2. The van der Waals surface area contributed by atoms with E-state index in [1.165, 1.54) is 0 Å². The van der Waals surface area contributed by atoms with Crippen molar-refractivity contribution in [2.75, 3.05) is 11.9 Å². The van der Waals surface area contributed by atoms with Gasteiger partial charge in [0.25, 0.3) is 0 Å². The van der Waals surface area contributed by atoms with Gasteiger partial charge in [-0.1, -0.05) is 62.4 Å². The minimum absolute atomic E-state index is 0.0345. The summed E-state index contributed by atoms with van der Waals surface area (Å²) in [4.78, 5) is 14.6. The van der Waals surface area contributed by atoms with E-state index in [0.29, 0.717) is 12.5 Å². The number of hydrogen-bond donors (Lipinski definition) is 1. The summed E-state index contributed by atoms with van der Waals surface area (Å²) in [7, 11) is 0.